The van der Waals surface area contributed by atoms with Gasteiger partial charge < -0.3 is 5.73 Å². The lowest BCUT2D eigenvalue weighted by Gasteiger charge is -2.29. The van der Waals surface area contributed by atoms with Gasteiger partial charge in [-0.2, -0.15) is 5.26 Å². The largest absolute Gasteiger partial charge is 0.315 e. The Morgan fingerprint density at radius 1 is 1.40 bits per heavy atom. The zero-order chi connectivity index (χ0) is 10.7. The minimum atomic E-state index is -0.365. The fraction of sp³-hybridized carbons (Fsp3) is 0.417. The monoisotopic (exact) mass is 201 g/mol. The van der Waals surface area contributed by atoms with Crippen LogP contribution in [0.2, 0.25) is 0 Å². The summed E-state index contributed by atoms with van der Waals surface area (Å²) in [7, 11) is 0. The predicted octanol–water partition coefficient (Wildman–Crippen LogP) is 0.896. The Kier molecular flexibility index (Phi) is 3.00. The SMILES string of the molecule is N#CC(N)CN1CCc2ccccc2C1. The van der Waals surface area contributed by atoms with Crippen molar-refractivity contribution in [1.82, 2.24) is 4.90 Å². The van der Waals surface area contributed by atoms with E-state index in [9.17, 15) is 0 Å². The van der Waals surface area contributed by atoms with Crippen LogP contribution < -0.4 is 5.73 Å². The van der Waals surface area contributed by atoms with E-state index in [-0.39, 0.29) is 6.04 Å². The standard InChI is InChI=1S/C12H15N3/c13-7-12(14)9-15-6-5-10-3-1-2-4-11(10)8-15/h1-4,12H,5-6,8-9,14H2. The van der Waals surface area contributed by atoms with Crippen LogP contribution in [0.25, 0.3) is 0 Å². The normalized spacial score (nSPS) is 17.9. The van der Waals surface area contributed by atoms with Crippen molar-refractivity contribution in [2.24, 2.45) is 5.73 Å². The lowest BCUT2D eigenvalue weighted by Crippen LogP contribution is -2.39. The number of hydrogen-bond acceptors (Lipinski definition) is 3. The summed E-state index contributed by atoms with van der Waals surface area (Å²) < 4.78 is 0. The zero-order valence-electron chi connectivity index (χ0n) is 8.69. The number of hydrogen-bond donors (Lipinski definition) is 1. The third kappa shape index (κ3) is 2.35. The van der Waals surface area contributed by atoms with E-state index >= 15 is 0 Å². The minimum absolute atomic E-state index is 0.365. The predicted molar refractivity (Wildman–Crippen MR) is 59.0 cm³/mol. The number of nitrogens with two attached hydrogens (primary N) is 1. The van der Waals surface area contributed by atoms with E-state index in [0.29, 0.717) is 6.54 Å². The van der Waals surface area contributed by atoms with Gasteiger partial charge in [0.1, 0.15) is 6.04 Å². The molecule has 0 aliphatic carbocycles. The number of nitriles is 1. The Balaban J connectivity index is 2.03. The smallest absolute Gasteiger partial charge is 0.106 e. The maximum atomic E-state index is 8.66. The first kappa shape index (κ1) is 10.2. The Bertz CT molecular complexity index is 381. The van der Waals surface area contributed by atoms with Crippen LogP contribution >= 0.6 is 0 Å². The summed E-state index contributed by atoms with van der Waals surface area (Å²) >= 11 is 0. The van der Waals surface area contributed by atoms with Crippen LogP contribution in [0.4, 0.5) is 0 Å². The summed E-state index contributed by atoms with van der Waals surface area (Å²) in [4.78, 5) is 2.25. The third-order valence-corrected chi connectivity index (χ3v) is 2.83. The van der Waals surface area contributed by atoms with Gasteiger partial charge in [0.2, 0.25) is 0 Å². The fourth-order valence-electron chi connectivity index (χ4n) is 2.03. The summed E-state index contributed by atoms with van der Waals surface area (Å²) in [5, 5.41) is 8.66. The molecule has 78 valence electrons. The van der Waals surface area contributed by atoms with Gasteiger partial charge in [-0.1, -0.05) is 24.3 Å². The molecule has 1 aromatic carbocycles. The first-order valence-electron chi connectivity index (χ1n) is 5.24. The Morgan fingerprint density at radius 3 is 2.87 bits per heavy atom. The van der Waals surface area contributed by atoms with Crippen LogP contribution in [-0.2, 0) is 13.0 Å². The second-order valence-corrected chi connectivity index (χ2v) is 3.99. The molecule has 0 amide bonds. The summed E-state index contributed by atoms with van der Waals surface area (Å²) in [6.45, 7) is 2.60. The molecule has 0 spiro atoms. The van der Waals surface area contributed by atoms with Gasteiger partial charge >= 0.3 is 0 Å². The van der Waals surface area contributed by atoms with Crippen molar-refractivity contribution in [3.05, 3.63) is 35.4 Å². The second-order valence-electron chi connectivity index (χ2n) is 3.99. The first-order chi connectivity index (χ1) is 7.29. The second kappa shape index (κ2) is 4.43. The van der Waals surface area contributed by atoms with Gasteiger partial charge in [0.25, 0.3) is 0 Å². The molecule has 0 bridgehead atoms. The van der Waals surface area contributed by atoms with Crippen LogP contribution in [0.5, 0.6) is 0 Å². The Labute approximate surface area is 90.1 Å². The molecular formula is C12H15N3. The molecule has 3 nitrogen and oxygen atoms in total. The Hall–Kier alpha value is -1.37. The van der Waals surface area contributed by atoms with Crippen molar-refractivity contribution >= 4 is 0 Å². The molecule has 0 saturated carbocycles. The highest BCUT2D eigenvalue weighted by Gasteiger charge is 2.17. The quantitative estimate of drug-likeness (QED) is 0.773. The zero-order valence-corrected chi connectivity index (χ0v) is 8.69. The van der Waals surface area contributed by atoms with E-state index in [1.54, 1.807) is 0 Å². The molecule has 0 aromatic heterocycles. The number of benzene rings is 1. The highest BCUT2D eigenvalue weighted by atomic mass is 15.1. The summed E-state index contributed by atoms with van der Waals surface area (Å²) in [5.74, 6) is 0. The van der Waals surface area contributed by atoms with Crippen LogP contribution in [0, 0.1) is 11.3 Å². The van der Waals surface area contributed by atoms with Gasteiger partial charge in [-0.3, -0.25) is 4.90 Å². The molecule has 0 fully saturated rings. The van der Waals surface area contributed by atoms with E-state index in [1.807, 2.05) is 0 Å². The van der Waals surface area contributed by atoms with Gasteiger partial charge in [0, 0.05) is 19.6 Å². The van der Waals surface area contributed by atoms with E-state index in [4.69, 9.17) is 11.0 Å². The highest BCUT2D eigenvalue weighted by molar-refractivity contribution is 5.29. The number of nitrogens with zero attached hydrogens (tertiary/aromatic N) is 2. The molecule has 2 N–H and O–H groups in total. The van der Waals surface area contributed by atoms with Crippen LogP contribution in [0.15, 0.2) is 24.3 Å². The molecule has 0 radical (unpaired) electrons. The molecule has 1 aliphatic heterocycles. The maximum Gasteiger partial charge on any atom is 0.106 e. The Morgan fingerprint density at radius 2 is 2.13 bits per heavy atom. The molecule has 0 saturated heterocycles. The molecule has 3 heteroatoms. The van der Waals surface area contributed by atoms with Gasteiger partial charge in [0.15, 0.2) is 0 Å². The summed E-state index contributed by atoms with van der Waals surface area (Å²) in [5.41, 5.74) is 8.42. The van der Waals surface area contributed by atoms with Crippen LogP contribution in [0.1, 0.15) is 11.1 Å². The number of fused-ring (bicyclic) bond motifs is 1. The van der Waals surface area contributed by atoms with Gasteiger partial charge in [0.05, 0.1) is 6.07 Å². The molecule has 15 heavy (non-hydrogen) atoms. The molecular weight excluding hydrogens is 186 g/mol. The minimum Gasteiger partial charge on any atom is -0.315 e. The average molecular weight is 201 g/mol. The van der Waals surface area contributed by atoms with Crippen molar-refractivity contribution in [3.63, 3.8) is 0 Å². The lowest BCUT2D eigenvalue weighted by atomic mass is 10.00. The van der Waals surface area contributed by atoms with Gasteiger partial charge in [-0.05, 0) is 17.5 Å². The van der Waals surface area contributed by atoms with E-state index in [2.05, 4.69) is 35.2 Å². The molecule has 2 rings (SSSR count). The summed E-state index contributed by atoms with van der Waals surface area (Å²) in [6, 6.07) is 10.2. The molecule has 1 aromatic rings. The highest BCUT2D eigenvalue weighted by Crippen LogP contribution is 2.18. The van der Waals surface area contributed by atoms with Crippen molar-refractivity contribution in [2.45, 2.75) is 19.0 Å². The third-order valence-electron chi connectivity index (χ3n) is 2.83. The maximum absolute atomic E-state index is 8.66. The molecule has 1 aliphatic rings. The van der Waals surface area contributed by atoms with E-state index < -0.39 is 0 Å². The molecule has 1 heterocycles. The first-order valence-corrected chi connectivity index (χ1v) is 5.24. The van der Waals surface area contributed by atoms with Crippen molar-refractivity contribution in [2.75, 3.05) is 13.1 Å². The number of rotatable bonds is 2. The van der Waals surface area contributed by atoms with Crippen LogP contribution in [0.3, 0.4) is 0 Å². The van der Waals surface area contributed by atoms with Gasteiger partial charge in [-0.25, -0.2) is 0 Å². The van der Waals surface area contributed by atoms with Gasteiger partial charge in [-0.15, -0.1) is 0 Å². The topological polar surface area (TPSA) is 53.1 Å². The van der Waals surface area contributed by atoms with Crippen LogP contribution in [-0.4, -0.2) is 24.0 Å². The summed E-state index contributed by atoms with van der Waals surface area (Å²) in [6.07, 6.45) is 1.06. The van der Waals surface area contributed by atoms with Crippen molar-refractivity contribution in [3.8, 4) is 6.07 Å². The molecule has 1 atom stereocenters. The fourth-order valence-corrected chi connectivity index (χ4v) is 2.03. The van der Waals surface area contributed by atoms with E-state index in [1.165, 1.54) is 11.1 Å². The lowest BCUT2D eigenvalue weighted by molar-refractivity contribution is 0.250. The molecule has 1 unspecified atom stereocenters. The van der Waals surface area contributed by atoms with Crippen molar-refractivity contribution in [1.29, 1.82) is 5.26 Å². The van der Waals surface area contributed by atoms with Crippen molar-refractivity contribution < 1.29 is 0 Å². The van der Waals surface area contributed by atoms with E-state index in [0.717, 1.165) is 19.5 Å². The average Bonchev–Trinajstić information content (AvgIpc) is 2.29.